The van der Waals surface area contributed by atoms with E-state index in [2.05, 4.69) is 24.9 Å². The van der Waals surface area contributed by atoms with E-state index in [1.165, 1.54) is 5.56 Å². The van der Waals surface area contributed by atoms with Crippen LogP contribution in [0.25, 0.3) is 0 Å². The fourth-order valence-corrected chi connectivity index (χ4v) is 1.10. The highest BCUT2D eigenvalue weighted by Gasteiger charge is 1.98. The summed E-state index contributed by atoms with van der Waals surface area (Å²) in [6.45, 7) is 4.27. The quantitative estimate of drug-likeness (QED) is 0.533. The number of benzene rings is 1. The van der Waals surface area contributed by atoms with E-state index in [9.17, 15) is 0 Å². The molecule has 4 N–H and O–H groups in total. The molecule has 0 aliphatic carbocycles. The molecule has 0 aliphatic heterocycles. The minimum Gasteiger partial charge on any atom is -0.370 e. The van der Waals surface area contributed by atoms with Crippen molar-refractivity contribution in [2.24, 2.45) is 16.5 Å². The van der Waals surface area contributed by atoms with Crippen LogP contribution in [0.2, 0.25) is 0 Å². The van der Waals surface area contributed by atoms with Crippen molar-refractivity contribution < 1.29 is 0 Å². The first-order chi connectivity index (χ1) is 6.09. The molecule has 0 saturated carbocycles. The molecule has 0 radical (unpaired) electrons. The van der Waals surface area contributed by atoms with Gasteiger partial charge in [-0.2, -0.15) is 0 Å². The molecule has 1 aromatic rings. The third kappa shape index (κ3) is 2.78. The fraction of sp³-hybridized carbons (Fsp3) is 0.300. The highest BCUT2D eigenvalue weighted by Crippen LogP contribution is 2.19. The zero-order valence-electron chi connectivity index (χ0n) is 7.99. The summed E-state index contributed by atoms with van der Waals surface area (Å²) in [6.07, 6.45) is 0. The van der Waals surface area contributed by atoms with E-state index in [1.54, 1.807) is 0 Å². The number of nitrogens with zero attached hydrogens (tertiary/aromatic N) is 1. The normalized spacial score (nSPS) is 10.1. The van der Waals surface area contributed by atoms with Crippen molar-refractivity contribution in [3.63, 3.8) is 0 Å². The van der Waals surface area contributed by atoms with Crippen LogP contribution in [-0.2, 0) is 0 Å². The Kier molecular flexibility index (Phi) is 2.90. The summed E-state index contributed by atoms with van der Waals surface area (Å²) in [5.41, 5.74) is 12.6. The van der Waals surface area contributed by atoms with E-state index in [4.69, 9.17) is 11.5 Å². The van der Waals surface area contributed by atoms with Gasteiger partial charge in [-0.1, -0.05) is 26.0 Å². The van der Waals surface area contributed by atoms with Crippen LogP contribution in [0, 0.1) is 0 Å². The van der Waals surface area contributed by atoms with Gasteiger partial charge in [-0.3, -0.25) is 0 Å². The van der Waals surface area contributed by atoms with Crippen LogP contribution in [0.4, 0.5) is 5.69 Å². The Morgan fingerprint density at radius 2 is 2.00 bits per heavy atom. The Labute approximate surface area is 78.5 Å². The van der Waals surface area contributed by atoms with Gasteiger partial charge >= 0.3 is 0 Å². The molecule has 0 saturated heterocycles. The molecule has 70 valence electrons. The van der Waals surface area contributed by atoms with Gasteiger partial charge in [0.1, 0.15) is 0 Å². The number of hydrogen-bond donors (Lipinski definition) is 2. The van der Waals surface area contributed by atoms with Gasteiger partial charge in [0.25, 0.3) is 0 Å². The molecule has 3 nitrogen and oxygen atoms in total. The highest BCUT2D eigenvalue weighted by molar-refractivity contribution is 5.79. The number of guanidine groups is 1. The summed E-state index contributed by atoms with van der Waals surface area (Å²) in [4.78, 5) is 3.97. The topological polar surface area (TPSA) is 64.4 Å². The number of hydrogen-bond acceptors (Lipinski definition) is 1. The standard InChI is InChI=1S/C10H15N3/c1-7(2)8-4-3-5-9(6-8)13-10(11)12/h3-7H,1-2H3,(H4,11,12,13). The van der Waals surface area contributed by atoms with Crippen LogP contribution in [0.1, 0.15) is 25.3 Å². The Morgan fingerprint density at radius 3 is 2.54 bits per heavy atom. The highest BCUT2D eigenvalue weighted by atomic mass is 15.0. The molecular weight excluding hydrogens is 162 g/mol. The number of rotatable bonds is 2. The minimum atomic E-state index is 0.0981. The average molecular weight is 177 g/mol. The zero-order valence-corrected chi connectivity index (χ0v) is 7.99. The van der Waals surface area contributed by atoms with Crippen molar-refractivity contribution in [3.8, 4) is 0 Å². The van der Waals surface area contributed by atoms with Gasteiger partial charge in [-0.05, 0) is 23.6 Å². The summed E-state index contributed by atoms with van der Waals surface area (Å²) in [7, 11) is 0. The maximum atomic E-state index is 5.28. The van der Waals surface area contributed by atoms with E-state index in [1.807, 2.05) is 18.2 Å². The molecule has 3 heteroatoms. The summed E-state index contributed by atoms with van der Waals surface area (Å²) in [6, 6.07) is 7.89. The minimum absolute atomic E-state index is 0.0981. The van der Waals surface area contributed by atoms with Crippen LogP contribution in [-0.4, -0.2) is 5.96 Å². The van der Waals surface area contributed by atoms with Gasteiger partial charge in [-0.15, -0.1) is 0 Å². The lowest BCUT2D eigenvalue weighted by molar-refractivity contribution is 0.867. The van der Waals surface area contributed by atoms with Crippen molar-refractivity contribution in [1.82, 2.24) is 0 Å². The van der Waals surface area contributed by atoms with E-state index in [0.29, 0.717) is 5.92 Å². The van der Waals surface area contributed by atoms with E-state index in [-0.39, 0.29) is 5.96 Å². The van der Waals surface area contributed by atoms with E-state index < -0.39 is 0 Å². The zero-order chi connectivity index (χ0) is 9.84. The molecular formula is C10H15N3. The Morgan fingerprint density at radius 1 is 1.31 bits per heavy atom. The van der Waals surface area contributed by atoms with Gasteiger partial charge in [0.05, 0.1) is 5.69 Å². The number of aliphatic imine (C=N–C) groups is 1. The molecule has 0 aromatic heterocycles. The molecule has 13 heavy (non-hydrogen) atoms. The van der Waals surface area contributed by atoms with Crippen LogP contribution in [0.15, 0.2) is 29.3 Å². The van der Waals surface area contributed by atoms with Crippen LogP contribution < -0.4 is 11.5 Å². The second kappa shape index (κ2) is 3.94. The molecule has 0 spiro atoms. The first kappa shape index (κ1) is 9.58. The molecule has 0 unspecified atom stereocenters. The van der Waals surface area contributed by atoms with E-state index >= 15 is 0 Å². The molecule has 0 fully saturated rings. The molecule has 0 heterocycles. The molecule has 0 amide bonds. The van der Waals surface area contributed by atoms with Crippen LogP contribution in [0.5, 0.6) is 0 Å². The summed E-state index contributed by atoms with van der Waals surface area (Å²) in [5, 5.41) is 0. The Bertz CT molecular complexity index is 312. The Balaban J connectivity index is 2.99. The molecule has 0 bridgehead atoms. The summed E-state index contributed by atoms with van der Waals surface area (Å²) < 4.78 is 0. The van der Waals surface area contributed by atoms with Crippen molar-refractivity contribution >= 4 is 11.6 Å². The summed E-state index contributed by atoms with van der Waals surface area (Å²) in [5.74, 6) is 0.593. The lowest BCUT2D eigenvalue weighted by Crippen LogP contribution is -2.21. The van der Waals surface area contributed by atoms with Gasteiger partial charge in [0.2, 0.25) is 0 Å². The predicted octanol–water partition coefficient (Wildman–Crippen LogP) is 1.71. The summed E-state index contributed by atoms with van der Waals surface area (Å²) >= 11 is 0. The monoisotopic (exact) mass is 177 g/mol. The second-order valence-corrected chi connectivity index (χ2v) is 3.29. The van der Waals surface area contributed by atoms with Gasteiger partial charge in [-0.25, -0.2) is 4.99 Å². The SMILES string of the molecule is CC(C)c1cccc(N=C(N)N)c1. The Hall–Kier alpha value is -1.51. The maximum absolute atomic E-state index is 5.28. The first-order valence-corrected chi connectivity index (χ1v) is 4.29. The molecule has 0 aliphatic rings. The number of nitrogens with two attached hydrogens (primary N) is 2. The largest absolute Gasteiger partial charge is 0.370 e. The molecule has 0 atom stereocenters. The molecule has 1 aromatic carbocycles. The maximum Gasteiger partial charge on any atom is 0.191 e. The fourth-order valence-electron chi connectivity index (χ4n) is 1.10. The van der Waals surface area contributed by atoms with Crippen LogP contribution >= 0.6 is 0 Å². The van der Waals surface area contributed by atoms with Gasteiger partial charge < -0.3 is 11.5 Å². The van der Waals surface area contributed by atoms with Gasteiger partial charge in [0, 0.05) is 0 Å². The van der Waals surface area contributed by atoms with Gasteiger partial charge in [0.15, 0.2) is 5.96 Å². The lowest BCUT2D eigenvalue weighted by Gasteiger charge is -2.05. The second-order valence-electron chi connectivity index (χ2n) is 3.29. The lowest BCUT2D eigenvalue weighted by atomic mass is 10.0. The third-order valence-corrected chi connectivity index (χ3v) is 1.80. The predicted molar refractivity (Wildman–Crippen MR) is 56.0 cm³/mol. The molecule has 1 rings (SSSR count). The first-order valence-electron chi connectivity index (χ1n) is 4.29. The van der Waals surface area contributed by atoms with Crippen molar-refractivity contribution in [3.05, 3.63) is 29.8 Å². The van der Waals surface area contributed by atoms with Crippen LogP contribution in [0.3, 0.4) is 0 Å². The van der Waals surface area contributed by atoms with Crippen molar-refractivity contribution in [1.29, 1.82) is 0 Å². The van der Waals surface area contributed by atoms with Crippen molar-refractivity contribution in [2.45, 2.75) is 19.8 Å². The smallest absolute Gasteiger partial charge is 0.191 e. The third-order valence-electron chi connectivity index (χ3n) is 1.80. The van der Waals surface area contributed by atoms with Crippen molar-refractivity contribution in [2.75, 3.05) is 0 Å². The van der Waals surface area contributed by atoms with E-state index in [0.717, 1.165) is 5.69 Å². The average Bonchev–Trinajstić information content (AvgIpc) is 2.03.